The Bertz CT molecular complexity index is 1170. The standard InChI is InChI=1S/C19H23N5O5/c1-22-17-16(18(28)23(2)19(22)29)24(11-21-17)8-4-3-7-20-10-15(27)12-5-6-13(25)14(26)9-12/h5-6,9,11,20,25-26H,3-4,7-8,10H2,1-2H3. The molecule has 0 fully saturated rings. The van der Waals surface area contributed by atoms with Gasteiger partial charge in [-0.2, -0.15) is 0 Å². The maximum absolute atomic E-state index is 12.4. The summed E-state index contributed by atoms with van der Waals surface area (Å²) in [6.07, 6.45) is 3.07. The highest BCUT2D eigenvalue weighted by atomic mass is 16.3. The number of hydrogen-bond acceptors (Lipinski definition) is 7. The zero-order valence-corrected chi connectivity index (χ0v) is 16.3. The second-order valence-corrected chi connectivity index (χ2v) is 6.83. The van der Waals surface area contributed by atoms with Crippen LogP contribution in [0.4, 0.5) is 0 Å². The Morgan fingerprint density at radius 2 is 1.86 bits per heavy atom. The summed E-state index contributed by atoms with van der Waals surface area (Å²) in [5.41, 5.74) is 0.285. The number of Topliss-reactive ketones (excluding diaryl/α,β-unsaturated/α-hetero) is 1. The summed E-state index contributed by atoms with van der Waals surface area (Å²) < 4.78 is 4.15. The van der Waals surface area contributed by atoms with Gasteiger partial charge in [0.2, 0.25) is 0 Å². The second kappa shape index (κ2) is 8.31. The number of nitrogens with zero attached hydrogens (tertiary/aromatic N) is 4. The number of imidazole rings is 1. The molecule has 0 saturated carbocycles. The first-order chi connectivity index (χ1) is 13.8. The van der Waals surface area contributed by atoms with Crippen molar-refractivity contribution >= 4 is 16.9 Å². The van der Waals surface area contributed by atoms with Crippen molar-refractivity contribution in [2.75, 3.05) is 13.1 Å². The van der Waals surface area contributed by atoms with Crippen LogP contribution in [0.3, 0.4) is 0 Å². The normalized spacial score (nSPS) is 11.2. The van der Waals surface area contributed by atoms with Crippen molar-refractivity contribution < 1.29 is 15.0 Å². The molecule has 2 heterocycles. The van der Waals surface area contributed by atoms with Crippen LogP contribution in [0, 0.1) is 0 Å². The molecule has 0 radical (unpaired) electrons. The maximum atomic E-state index is 12.4. The molecular formula is C19H23N5O5. The topological polar surface area (TPSA) is 131 Å². The quantitative estimate of drug-likeness (QED) is 0.277. The number of carbonyl (C=O) groups excluding carboxylic acids is 1. The fourth-order valence-corrected chi connectivity index (χ4v) is 3.10. The summed E-state index contributed by atoms with van der Waals surface area (Å²) in [6, 6.07) is 3.96. The summed E-state index contributed by atoms with van der Waals surface area (Å²) in [5.74, 6) is -0.784. The van der Waals surface area contributed by atoms with Crippen molar-refractivity contribution in [1.82, 2.24) is 24.0 Å². The molecule has 29 heavy (non-hydrogen) atoms. The molecule has 0 unspecified atom stereocenters. The predicted molar refractivity (Wildman–Crippen MR) is 106 cm³/mol. The van der Waals surface area contributed by atoms with E-state index in [-0.39, 0.29) is 29.4 Å². The third-order valence-corrected chi connectivity index (χ3v) is 4.80. The van der Waals surface area contributed by atoms with Crippen LogP contribution in [0.2, 0.25) is 0 Å². The van der Waals surface area contributed by atoms with Gasteiger partial charge in [-0.1, -0.05) is 0 Å². The predicted octanol–water partition coefficient (Wildman–Crippen LogP) is 0.0976. The first-order valence-corrected chi connectivity index (χ1v) is 9.18. The Balaban J connectivity index is 1.51. The third kappa shape index (κ3) is 4.06. The second-order valence-electron chi connectivity index (χ2n) is 6.83. The van der Waals surface area contributed by atoms with Crippen LogP contribution in [-0.2, 0) is 20.6 Å². The number of phenols is 2. The van der Waals surface area contributed by atoms with Crippen LogP contribution in [0.25, 0.3) is 11.2 Å². The number of phenolic OH excluding ortho intramolecular Hbond substituents is 2. The van der Waals surface area contributed by atoms with E-state index >= 15 is 0 Å². The third-order valence-electron chi connectivity index (χ3n) is 4.80. The first-order valence-electron chi connectivity index (χ1n) is 9.18. The molecule has 0 atom stereocenters. The van der Waals surface area contributed by atoms with Gasteiger partial charge in [0.05, 0.1) is 12.9 Å². The van der Waals surface area contributed by atoms with Crippen molar-refractivity contribution in [2.45, 2.75) is 19.4 Å². The number of benzene rings is 1. The van der Waals surface area contributed by atoms with E-state index in [1.807, 2.05) is 0 Å². The molecule has 0 spiro atoms. The maximum Gasteiger partial charge on any atom is 0.332 e. The van der Waals surface area contributed by atoms with E-state index < -0.39 is 5.69 Å². The van der Waals surface area contributed by atoms with E-state index in [0.29, 0.717) is 29.8 Å². The van der Waals surface area contributed by atoms with Crippen LogP contribution in [0.15, 0.2) is 34.1 Å². The first kappa shape index (κ1) is 20.3. The summed E-state index contributed by atoms with van der Waals surface area (Å²) in [5, 5.41) is 21.8. The molecule has 0 saturated heterocycles. The summed E-state index contributed by atoms with van der Waals surface area (Å²) in [7, 11) is 3.02. The van der Waals surface area contributed by atoms with Gasteiger partial charge >= 0.3 is 5.69 Å². The molecule has 10 heteroatoms. The van der Waals surface area contributed by atoms with E-state index in [4.69, 9.17) is 0 Å². The zero-order valence-electron chi connectivity index (χ0n) is 16.3. The number of carbonyl (C=O) groups is 1. The number of nitrogens with one attached hydrogen (secondary N) is 1. The Labute approximate surface area is 165 Å². The van der Waals surface area contributed by atoms with Crippen molar-refractivity contribution in [3.8, 4) is 11.5 Å². The lowest BCUT2D eigenvalue weighted by Gasteiger charge is -2.08. The number of hydrogen-bond donors (Lipinski definition) is 3. The van der Waals surface area contributed by atoms with E-state index in [2.05, 4.69) is 10.3 Å². The molecule has 0 aliphatic rings. The van der Waals surface area contributed by atoms with Gasteiger partial charge in [-0.3, -0.25) is 18.7 Å². The lowest BCUT2D eigenvalue weighted by atomic mass is 10.1. The van der Waals surface area contributed by atoms with Crippen LogP contribution in [0.1, 0.15) is 23.2 Å². The molecular weight excluding hydrogens is 378 g/mol. The molecule has 154 valence electrons. The molecule has 3 aromatic rings. The van der Waals surface area contributed by atoms with Gasteiger partial charge in [0.1, 0.15) is 0 Å². The van der Waals surface area contributed by atoms with Crippen molar-refractivity contribution in [3.05, 3.63) is 50.9 Å². The fourth-order valence-electron chi connectivity index (χ4n) is 3.10. The number of aryl methyl sites for hydroxylation is 2. The fraction of sp³-hybridized carbons (Fsp3) is 0.368. The van der Waals surface area contributed by atoms with Gasteiger partial charge in [0, 0.05) is 26.2 Å². The molecule has 1 aromatic carbocycles. The average molecular weight is 401 g/mol. The smallest absolute Gasteiger partial charge is 0.332 e. The number of ketones is 1. The zero-order chi connectivity index (χ0) is 21.1. The summed E-state index contributed by atoms with van der Waals surface area (Å²) in [4.78, 5) is 40.6. The molecule has 2 aromatic heterocycles. The average Bonchev–Trinajstić information content (AvgIpc) is 3.13. The minimum atomic E-state index is -0.413. The van der Waals surface area contributed by atoms with Gasteiger partial charge in [-0.05, 0) is 37.6 Å². The van der Waals surface area contributed by atoms with Gasteiger partial charge in [0.15, 0.2) is 28.4 Å². The molecule has 0 aliphatic heterocycles. The number of aromatic nitrogens is 4. The Morgan fingerprint density at radius 1 is 1.10 bits per heavy atom. The Hall–Kier alpha value is -3.40. The highest BCUT2D eigenvalue weighted by molar-refractivity contribution is 5.98. The van der Waals surface area contributed by atoms with E-state index in [1.165, 1.54) is 29.8 Å². The number of unbranched alkanes of at least 4 members (excludes halogenated alkanes) is 1. The number of aromatic hydroxyl groups is 2. The summed E-state index contributed by atoms with van der Waals surface area (Å²) >= 11 is 0. The lowest BCUT2D eigenvalue weighted by molar-refractivity contribution is 0.0990. The highest BCUT2D eigenvalue weighted by Crippen LogP contribution is 2.24. The van der Waals surface area contributed by atoms with Crippen LogP contribution in [-0.4, -0.2) is 47.8 Å². The largest absolute Gasteiger partial charge is 0.504 e. The van der Waals surface area contributed by atoms with Crippen LogP contribution < -0.4 is 16.6 Å². The van der Waals surface area contributed by atoms with E-state index in [9.17, 15) is 24.6 Å². The monoisotopic (exact) mass is 401 g/mol. The number of fused-ring (bicyclic) bond motifs is 1. The highest BCUT2D eigenvalue weighted by Gasteiger charge is 2.14. The van der Waals surface area contributed by atoms with Crippen molar-refractivity contribution in [2.24, 2.45) is 14.1 Å². The minimum absolute atomic E-state index is 0.112. The Kier molecular flexibility index (Phi) is 5.83. The van der Waals surface area contributed by atoms with Crippen LogP contribution in [0.5, 0.6) is 11.5 Å². The van der Waals surface area contributed by atoms with Gasteiger partial charge in [-0.25, -0.2) is 9.78 Å². The van der Waals surface area contributed by atoms with Crippen molar-refractivity contribution in [3.63, 3.8) is 0 Å². The summed E-state index contributed by atoms with van der Waals surface area (Å²) in [6.45, 7) is 1.27. The number of rotatable bonds is 8. The minimum Gasteiger partial charge on any atom is -0.504 e. The molecule has 3 rings (SSSR count). The van der Waals surface area contributed by atoms with Gasteiger partial charge < -0.3 is 20.1 Å². The van der Waals surface area contributed by atoms with E-state index in [1.54, 1.807) is 17.9 Å². The van der Waals surface area contributed by atoms with E-state index in [0.717, 1.165) is 17.4 Å². The molecule has 3 N–H and O–H groups in total. The van der Waals surface area contributed by atoms with Gasteiger partial charge in [0.25, 0.3) is 5.56 Å². The SMILES string of the molecule is Cn1c(=O)c2c(ncn2CCCCNCC(=O)c2ccc(O)c(O)c2)n(C)c1=O. The molecule has 0 aliphatic carbocycles. The van der Waals surface area contributed by atoms with Gasteiger partial charge in [-0.15, -0.1) is 0 Å². The Morgan fingerprint density at radius 3 is 2.59 bits per heavy atom. The lowest BCUT2D eigenvalue weighted by Crippen LogP contribution is -2.37. The molecule has 0 amide bonds. The van der Waals surface area contributed by atoms with Crippen molar-refractivity contribution in [1.29, 1.82) is 0 Å². The molecule has 10 nitrogen and oxygen atoms in total. The van der Waals surface area contributed by atoms with Crippen LogP contribution >= 0.6 is 0 Å². The molecule has 0 bridgehead atoms.